The summed E-state index contributed by atoms with van der Waals surface area (Å²) in [5.41, 5.74) is 4.53. The van der Waals surface area contributed by atoms with E-state index in [9.17, 15) is 4.79 Å². The van der Waals surface area contributed by atoms with Crippen LogP contribution in [-0.2, 0) is 0 Å². The lowest BCUT2D eigenvalue weighted by atomic mass is 10.2. The van der Waals surface area contributed by atoms with E-state index >= 15 is 0 Å². The molecule has 1 heterocycles. The molecule has 6 heteroatoms. The van der Waals surface area contributed by atoms with Crippen LogP contribution in [0.4, 0.5) is 0 Å². The summed E-state index contributed by atoms with van der Waals surface area (Å²) >= 11 is 0. The molecule has 1 aromatic heterocycles. The lowest BCUT2D eigenvalue weighted by Crippen LogP contribution is -2.19. The Morgan fingerprint density at radius 3 is 2.36 bits per heavy atom. The Balaban J connectivity index is 2.12. The average Bonchev–Trinajstić information content (AvgIpc) is 2.59. The maximum atomic E-state index is 12.1. The number of nitrogens with one attached hydrogen (secondary N) is 1. The molecule has 0 unspecified atom stereocenters. The zero-order chi connectivity index (χ0) is 15.9. The molecule has 0 atom stereocenters. The Bertz CT molecular complexity index is 684. The van der Waals surface area contributed by atoms with Gasteiger partial charge >= 0.3 is 0 Å². The van der Waals surface area contributed by atoms with Crippen LogP contribution in [0.15, 0.2) is 47.8 Å². The number of ether oxygens (including phenoxy) is 2. The van der Waals surface area contributed by atoms with Crippen LogP contribution in [0.1, 0.15) is 22.8 Å². The van der Waals surface area contributed by atoms with Crippen LogP contribution in [0, 0.1) is 0 Å². The number of rotatable bonds is 5. The molecule has 114 valence electrons. The largest absolute Gasteiger partial charge is 0.493 e. The quantitative estimate of drug-likeness (QED) is 0.679. The fourth-order valence-electron chi connectivity index (χ4n) is 1.83. The highest BCUT2D eigenvalue weighted by Gasteiger charge is 2.10. The van der Waals surface area contributed by atoms with Crippen molar-refractivity contribution in [2.45, 2.75) is 6.92 Å². The molecule has 2 aromatic rings. The molecular formula is C16H17N3O3. The number of hydrogen-bond donors (Lipinski definition) is 1. The summed E-state index contributed by atoms with van der Waals surface area (Å²) < 4.78 is 10.3. The minimum Gasteiger partial charge on any atom is -0.493 e. The van der Waals surface area contributed by atoms with Crippen molar-refractivity contribution >= 4 is 11.6 Å². The molecular weight excluding hydrogens is 282 g/mol. The third kappa shape index (κ3) is 3.60. The number of aromatic nitrogens is 1. The van der Waals surface area contributed by atoms with Crippen LogP contribution in [0.3, 0.4) is 0 Å². The topological polar surface area (TPSA) is 72.8 Å². The maximum absolute atomic E-state index is 12.1. The van der Waals surface area contributed by atoms with Crippen molar-refractivity contribution in [2.75, 3.05) is 14.2 Å². The molecule has 0 bridgehead atoms. The second-order valence-electron chi connectivity index (χ2n) is 4.44. The molecule has 0 spiro atoms. The van der Waals surface area contributed by atoms with Gasteiger partial charge in [-0.1, -0.05) is 0 Å². The van der Waals surface area contributed by atoms with Gasteiger partial charge in [0, 0.05) is 23.5 Å². The summed E-state index contributed by atoms with van der Waals surface area (Å²) in [4.78, 5) is 16.1. The van der Waals surface area contributed by atoms with E-state index in [0.29, 0.717) is 22.8 Å². The van der Waals surface area contributed by atoms with Crippen LogP contribution < -0.4 is 14.9 Å². The van der Waals surface area contributed by atoms with Gasteiger partial charge in [-0.3, -0.25) is 9.78 Å². The van der Waals surface area contributed by atoms with Crippen LogP contribution in [0.25, 0.3) is 0 Å². The average molecular weight is 299 g/mol. The molecule has 0 saturated heterocycles. The van der Waals surface area contributed by atoms with E-state index in [0.717, 1.165) is 5.56 Å². The van der Waals surface area contributed by atoms with Crippen LogP contribution in [-0.4, -0.2) is 30.8 Å². The normalized spacial score (nSPS) is 11.0. The third-order valence-electron chi connectivity index (χ3n) is 3.07. The van der Waals surface area contributed by atoms with Crippen LogP contribution in [0.5, 0.6) is 11.5 Å². The summed E-state index contributed by atoms with van der Waals surface area (Å²) in [5, 5.41) is 4.09. The first-order valence-corrected chi connectivity index (χ1v) is 6.62. The maximum Gasteiger partial charge on any atom is 0.271 e. The molecule has 1 amide bonds. The van der Waals surface area contributed by atoms with Crippen molar-refractivity contribution < 1.29 is 14.3 Å². The molecule has 2 rings (SSSR count). The van der Waals surface area contributed by atoms with E-state index in [1.807, 2.05) is 19.1 Å². The van der Waals surface area contributed by atoms with E-state index < -0.39 is 0 Å². The van der Waals surface area contributed by atoms with Gasteiger partial charge < -0.3 is 9.47 Å². The van der Waals surface area contributed by atoms with Crippen molar-refractivity contribution in [3.8, 4) is 11.5 Å². The highest BCUT2D eigenvalue weighted by atomic mass is 16.5. The van der Waals surface area contributed by atoms with Gasteiger partial charge in [-0.25, -0.2) is 5.43 Å². The first-order valence-electron chi connectivity index (χ1n) is 6.62. The molecule has 0 saturated carbocycles. The van der Waals surface area contributed by atoms with Gasteiger partial charge in [0.05, 0.1) is 19.9 Å². The molecule has 0 aliphatic carbocycles. The minimum absolute atomic E-state index is 0.325. The minimum atomic E-state index is -0.325. The summed E-state index contributed by atoms with van der Waals surface area (Å²) in [5.74, 6) is 0.731. The highest BCUT2D eigenvalue weighted by Crippen LogP contribution is 2.27. The van der Waals surface area contributed by atoms with Crippen molar-refractivity contribution in [1.82, 2.24) is 10.4 Å². The van der Waals surface area contributed by atoms with E-state index in [1.165, 1.54) is 7.11 Å². The first kappa shape index (κ1) is 15.5. The molecule has 22 heavy (non-hydrogen) atoms. The smallest absolute Gasteiger partial charge is 0.271 e. The highest BCUT2D eigenvalue weighted by molar-refractivity contribution is 6.00. The molecule has 0 aliphatic rings. The number of carbonyl (C=O) groups excluding carboxylic acids is 1. The number of pyridine rings is 1. The molecule has 0 aliphatic heterocycles. The second-order valence-corrected chi connectivity index (χ2v) is 4.44. The van der Waals surface area contributed by atoms with Crippen molar-refractivity contribution in [2.24, 2.45) is 5.10 Å². The number of methoxy groups -OCH3 is 2. The SMILES string of the molecule is COc1ccc(C(=O)N/N=C(\C)c2ccncc2)cc1OC. The molecule has 1 aromatic carbocycles. The van der Waals surface area contributed by atoms with E-state index in [1.54, 1.807) is 37.7 Å². The first-order chi connectivity index (χ1) is 10.7. The van der Waals surface area contributed by atoms with E-state index in [2.05, 4.69) is 15.5 Å². The Labute approximate surface area is 128 Å². The fourth-order valence-corrected chi connectivity index (χ4v) is 1.83. The Morgan fingerprint density at radius 1 is 1.05 bits per heavy atom. The lowest BCUT2D eigenvalue weighted by molar-refractivity contribution is 0.0954. The van der Waals surface area contributed by atoms with Crippen LogP contribution >= 0.6 is 0 Å². The summed E-state index contributed by atoms with van der Waals surface area (Å²) in [6, 6.07) is 8.56. The lowest BCUT2D eigenvalue weighted by Gasteiger charge is -2.09. The predicted octanol–water partition coefficient (Wildman–Crippen LogP) is 2.25. The molecule has 1 N–H and O–H groups in total. The molecule has 0 fully saturated rings. The third-order valence-corrected chi connectivity index (χ3v) is 3.07. The summed E-state index contributed by atoms with van der Waals surface area (Å²) in [6.07, 6.45) is 3.34. The van der Waals surface area contributed by atoms with Gasteiger partial charge in [0.25, 0.3) is 5.91 Å². The van der Waals surface area contributed by atoms with Gasteiger partial charge in [-0.15, -0.1) is 0 Å². The van der Waals surface area contributed by atoms with Gasteiger partial charge in [-0.2, -0.15) is 5.10 Å². The van der Waals surface area contributed by atoms with Gasteiger partial charge in [0.2, 0.25) is 0 Å². The van der Waals surface area contributed by atoms with Gasteiger partial charge in [-0.05, 0) is 37.3 Å². The summed E-state index contributed by atoms with van der Waals surface area (Å²) in [7, 11) is 3.06. The predicted molar refractivity (Wildman–Crippen MR) is 83.5 cm³/mol. The van der Waals surface area contributed by atoms with Crippen molar-refractivity contribution in [3.63, 3.8) is 0 Å². The zero-order valence-electron chi connectivity index (χ0n) is 12.7. The number of nitrogens with zero attached hydrogens (tertiary/aromatic N) is 2. The second kappa shape index (κ2) is 7.21. The van der Waals surface area contributed by atoms with Gasteiger partial charge in [0.1, 0.15) is 0 Å². The number of benzene rings is 1. The van der Waals surface area contributed by atoms with Crippen LogP contribution in [0.2, 0.25) is 0 Å². The van der Waals surface area contributed by atoms with Crippen molar-refractivity contribution in [3.05, 3.63) is 53.9 Å². The van der Waals surface area contributed by atoms with Gasteiger partial charge in [0.15, 0.2) is 11.5 Å². The standard InChI is InChI=1S/C16H17N3O3/c1-11(12-6-8-17-9-7-12)18-19-16(20)13-4-5-14(21-2)15(10-13)22-3/h4-10H,1-3H3,(H,19,20)/b18-11+. The molecule has 0 radical (unpaired) electrons. The Hall–Kier alpha value is -2.89. The zero-order valence-corrected chi connectivity index (χ0v) is 12.7. The number of carbonyl (C=O) groups is 1. The van der Waals surface area contributed by atoms with E-state index in [4.69, 9.17) is 9.47 Å². The van der Waals surface area contributed by atoms with E-state index in [-0.39, 0.29) is 5.91 Å². The Morgan fingerprint density at radius 2 is 1.73 bits per heavy atom. The summed E-state index contributed by atoms with van der Waals surface area (Å²) in [6.45, 7) is 1.81. The van der Waals surface area contributed by atoms with Crippen molar-refractivity contribution in [1.29, 1.82) is 0 Å². The number of amides is 1. The number of hydrazone groups is 1. The Kier molecular flexibility index (Phi) is 5.08. The monoisotopic (exact) mass is 299 g/mol. The fraction of sp³-hybridized carbons (Fsp3) is 0.188. The molecule has 6 nitrogen and oxygen atoms in total. The number of hydrogen-bond acceptors (Lipinski definition) is 5.